The molecule has 0 radical (unpaired) electrons. The topological polar surface area (TPSA) is 60.8 Å². The van der Waals surface area contributed by atoms with Gasteiger partial charge in [0.05, 0.1) is 5.69 Å². The Labute approximate surface area is 159 Å². The Balaban J connectivity index is 1.62. The summed E-state index contributed by atoms with van der Waals surface area (Å²) in [6.07, 6.45) is 4.34. The lowest BCUT2D eigenvalue weighted by Gasteiger charge is -2.20. The summed E-state index contributed by atoms with van der Waals surface area (Å²) in [7, 11) is 0. The molecule has 28 heavy (non-hydrogen) atoms. The number of alkyl halides is 3. The van der Waals surface area contributed by atoms with Crippen molar-refractivity contribution in [2.75, 3.05) is 0 Å². The molecule has 0 saturated heterocycles. The monoisotopic (exact) mass is 386 g/mol. The molecule has 3 aromatic rings. The molecule has 0 aliphatic heterocycles. The minimum atomic E-state index is -4.49. The zero-order valence-corrected chi connectivity index (χ0v) is 14.9. The van der Waals surface area contributed by atoms with Crippen LogP contribution in [-0.4, -0.2) is 19.9 Å². The largest absolute Gasteiger partial charge is 0.471 e. The molecule has 1 aliphatic rings. The van der Waals surface area contributed by atoms with Crippen LogP contribution in [0.15, 0.2) is 43.0 Å². The number of aryl methyl sites for hydroxylation is 1. The zero-order valence-electron chi connectivity index (χ0n) is 14.9. The Morgan fingerprint density at radius 1 is 1.00 bits per heavy atom. The predicted octanol–water partition coefficient (Wildman–Crippen LogP) is 4.41. The first-order valence-corrected chi connectivity index (χ1v) is 8.95. The van der Waals surface area contributed by atoms with E-state index in [9.17, 15) is 13.2 Å². The number of hydrogen-bond acceptors (Lipinski definition) is 5. The molecule has 0 unspecified atom stereocenters. The Bertz CT molecular complexity index is 977. The summed E-state index contributed by atoms with van der Waals surface area (Å²) >= 11 is 0. The van der Waals surface area contributed by atoms with Gasteiger partial charge < -0.3 is 4.74 Å². The smallest absolute Gasteiger partial charge is 0.433 e. The minimum absolute atomic E-state index is 0.0968. The van der Waals surface area contributed by atoms with Gasteiger partial charge in [0.25, 0.3) is 0 Å². The van der Waals surface area contributed by atoms with E-state index < -0.39 is 11.9 Å². The fourth-order valence-corrected chi connectivity index (χ4v) is 3.31. The van der Waals surface area contributed by atoms with Crippen molar-refractivity contribution in [1.82, 2.24) is 19.9 Å². The highest BCUT2D eigenvalue weighted by Crippen LogP contribution is 2.33. The van der Waals surface area contributed by atoms with Crippen molar-refractivity contribution in [3.8, 4) is 17.0 Å². The molecule has 3 aromatic heterocycles. The van der Waals surface area contributed by atoms with Gasteiger partial charge in [-0.3, -0.25) is 0 Å². The molecular formula is C20H17F3N4O. The molecule has 5 nitrogen and oxygen atoms in total. The molecular weight excluding hydrogens is 369 g/mol. The maximum Gasteiger partial charge on any atom is 0.433 e. The Kier molecular flexibility index (Phi) is 4.93. The van der Waals surface area contributed by atoms with E-state index >= 15 is 0 Å². The molecule has 0 amide bonds. The van der Waals surface area contributed by atoms with Crippen molar-refractivity contribution >= 4 is 0 Å². The van der Waals surface area contributed by atoms with Crippen LogP contribution in [0.4, 0.5) is 13.2 Å². The normalized spacial score (nSPS) is 13.8. The first kappa shape index (κ1) is 18.3. The van der Waals surface area contributed by atoms with Crippen LogP contribution in [0.1, 0.15) is 35.5 Å². The van der Waals surface area contributed by atoms with Crippen LogP contribution < -0.4 is 4.74 Å². The number of fused-ring (bicyclic) bond motifs is 1. The second-order valence-corrected chi connectivity index (χ2v) is 6.57. The van der Waals surface area contributed by atoms with E-state index in [-0.39, 0.29) is 12.3 Å². The summed E-state index contributed by atoms with van der Waals surface area (Å²) in [5, 5.41) is 0. The Hall–Kier alpha value is -3.03. The van der Waals surface area contributed by atoms with Gasteiger partial charge in [0.2, 0.25) is 5.88 Å². The van der Waals surface area contributed by atoms with Crippen molar-refractivity contribution < 1.29 is 17.9 Å². The molecule has 144 valence electrons. The second-order valence-electron chi connectivity index (χ2n) is 6.57. The summed E-state index contributed by atoms with van der Waals surface area (Å²) < 4.78 is 44.2. The molecule has 8 heteroatoms. The summed E-state index contributed by atoms with van der Waals surface area (Å²) in [4.78, 5) is 16.4. The highest BCUT2D eigenvalue weighted by atomic mass is 19.4. The molecule has 4 rings (SSSR count). The van der Waals surface area contributed by atoms with E-state index in [0.717, 1.165) is 54.1 Å². The van der Waals surface area contributed by atoms with Crippen LogP contribution >= 0.6 is 0 Å². The maximum absolute atomic E-state index is 12.8. The average Bonchev–Trinajstić information content (AvgIpc) is 2.72. The van der Waals surface area contributed by atoms with Crippen molar-refractivity contribution in [2.24, 2.45) is 0 Å². The molecule has 0 bridgehead atoms. The lowest BCUT2D eigenvalue weighted by molar-refractivity contribution is -0.141. The number of ether oxygens (including phenoxy) is 1. The summed E-state index contributed by atoms with van der Waals surface area (Å²) in [6.45, 7) is -0.0968. The van der Waals surface area contributed by atoms with Crippen LogP contribution in [0.2, 0.25) is 0 Å². The Morgan fingerprint density at radius 3 is 2.57 bits per heavy atom. The predicted molar refractivity (Wildman–Crippen MR) is 95.5 cm³/mol. The third-order valence-electron chi connectivity index (χ3n) is 4.61. The van der Waals surface area contributed by atoms with Gasteiger partial charge >= 0.3 is 6.18 Å². The van der Waals surface area contributed by atoms with E-state index in [1.54, 1.807) is 18.5 Å². The average molecular weight is 386 g/mol. The van der Waals surface area contributed by atoms with Crippen LogP contribution in [0.5, 0.6) is 5.88 Å². The summed E-state index contributed by atoms with van der Waals surface area (Å²) in [6, 6.07) is 5.56. The number of pyridine rings is 2. The minimum Gasteiger partial charge on any atom is -0.471 e. The quantitative estimate of drug-likeness (QED) is 0.665. The zero-order chi connectivity index (χ0) is 19.6. The first-order valence-electron chi connectivity index (χ1n) is 8.95. The van der Waals surface area contributed by atoms with Crippen LogP contribution in [0.3, 0.4) is 0 Å². The van der Waals surface area contributed by atoms with Gasteiger partial charge in [-0.25, -0.2) is 19.9 Å². The molecule has 3 heterocycles. The van der Waals surface area contributed by atoms with Gasteiger partial charge in [0, 0.05) is 29.7 Å². The summed E-state index contributed by atoms with van der Waals surface area (Å²) in [5.74, 6) is 0.360. The molecule has 0 atom stereocenters. The molecule has 0 saturated carbocycles. The highest BCUT2D eigenvalue weighted by Gasteiger charge is 2.32. The number of hydrogen-bond donors (Lipinski definition) is 0. The van der Waals surface area contributed by atoms with Gasteiger partial charge in [-0.1, -0.05) is 6.07 Å². The van der Waals surface area contributed by atoms with Crippen molar-refractivity contribution in [3.63, 3.8) is 0 Å². The molecule has 0 N–H and O–H groups in total. The third kappa shape index (κ3) is 3.95. The van der Waals surface area contributed by atoms with Gasteiger partial charge in [0.1, 0.15) is 18.6 Å². The van der Waals surface area contributed by atoms with Crippen LogP contribution in [0, 0.1) is 0 Å². The Morgan fingerprint density at radius 2 is 1.79 bits per heavy atom. The number of halogens is 3. The fraction of sp³-hybridized carbons (Fsp3) is 0.300. The fourth-order valence-electron chi connectivity index (χ4n) is 3.31. The van der Waals surface area contributed by atoms with E-state index in [4.69, 9.17) is 4.74 Å². The van der Waals surface area contributed by atoms with Gasteiger partial charge in [0.15, 0.2) is 0 Å². The maximum atomic E-state index is 12.8. The van der Waals surface area contributed by atoms with Crippen LogP contribution in [0.25, 0.3) is 11.1 Å². The third-order valence-corrected chi connectivity index (χ3v) is 4.61. The van der Waals surface area contributed by atoms with Crippen LogP contribution in [-0.2, 0) is 25.6 Å². The van der Waals surface area contributed by atoms with E-state index in [1.807, 2.05) is 0 Å². The lowest BCUT2D eigenvalue weighted by Crippen LogP contribution is -2.11. The van der Waals surface area contributed by atoms with Crippen molar-refractivity contribution in [3.05, 3.63) is 65.6 Å². The highest BCUT2D eigenvalue weighted by molar-refractivity contribution is 5.68. The molecule has 0 fully saturated rings. The number of aromatic nitrogens is 4. The van der Waals surface area contributed by atoms with E-state index in [2.05, 4.69) is 19.9 Å². The first-order chi connectivity index (χ1) is 13.5. The molecule has 0 spiro atoms. The molecule has 1 aliphatic carbocycles. The number of rotatable bonds is 4. The molecule has 0 aromatic carbocycles. The second kappa shape index (κ2) is 7.53. The summed E-state index contributed by atoms with van der Waals surface area (Å²) in [5.41, 5.74) is 3.20. The van der Waals surface area contributed by atoms with E-state index in [1.165, 1.54) is 18.5 Å². The standard InChI is InChI=1S/C20H17F3N4O/c21-20(22,23)18-7-3-4-14(26-18)11-28-19-8-16(13-9-24-12-25-10-13)15-5-1-2-6-17(15)27-19/h3-4,7-10,12H,1-2,5-6,11H2. The SMILES string of the molecule is FC(F)(F)c1cccc(COc2cc(-c3cncnc3)c3c(n2)CCCC3)n1. The van der Waals surface area contributed by atoms with Gasteiger partial charge in [-0.05, 0) is 48.9 Å². The van der Waals surface area contributed by atoms with Gasteiger partial charge in [-0.2, -0.15) is 13.2 Å². The van der Waals surface area contributed by atoms with E-state index in [0.29, 0.717) is 5.88 Å². The number of nitrogens with zero attached hydrogens (tertiary/aromatic N) is 4. The van der Waals surface area contributed by atoms with Crippen molar-refractivity contribution in [2.45, 2.75) is 38.5 Å². The van der Waals surface area contributed by atoms with Gasteiger partial charge in [-0.15, -0.1) is 0 Å². The van der Waals surface area contributed by atoms with Crippen molar-refractivity contribution in [1.29, 1.82) is 0 Å². The lowest BCUT2D eigenvalue weighted by atomic mass is 9.90.